The van der Waals surface area contributed by atoms with Crippen molar-refractivity contribution >= 4 is 38.5 Å². The highest BCUT2D eigenvalue weighted by molar-refractivity contribution is 7.91. The molecule has 13 nitrogen and oxygen atoms in total. The van der Waals surface area contributed by atoms with E-state index in [4.69, 9.17) is 19.2 Å². The lowest BCUT2D eigenvalue weighted by Gasteiger charge is -2.27. The zero-order valence-electron chi connectivity index (χ0n) is 30.0. The number of sulfonamides is 1. The number of benzene rings is 1. The number of ether oxygens (including phenoxy) is 3. The molecule has 51 heavy (non-hydrogen) atoms. The summed E-state index contributed by atoms with van der Waals surface area (Å²) in [6, 6.07) is 3.16. The maximum absolute atomic E-state index is 14.3. The van der Waals surface area contributed by atoms with Crippen molar-refractivity contribution < 1.29 is 37.0 Å². The van der Waals surface area contributed by atoms with Gasteiger partial charge in [-0.25, -0.2) is 13.4 Å². The highest BCUT2D eigenvalue weighted by atomic mass is 32.2. The number of ketones is 1. The minimum atomic E-state index is -3.94. The van der Waals surface area contributed by atoms with Crippen molar-refractivity contribution in [1.82, 2.24) is 14.6 Å². The number of rotatable bonds is 9. The van der Waals surface area contributed by atoms with Gasteiger partial charge in [0.05, 0.1) is 41.5 Å². The molecule has 0 bridgehead atoms. The third-order valence-electron chi connectivity index (χ3n) is 10.9. The highest BCUT2D eigenvalue weighted by Crippen LogP contribution is 2.57. The van der Waals surface area contributed by atoms with E-state index >= 15 is 0 Å². The topological polar surface area (TPSA) is 171 Å². The van der Waals surface area contributed by atoms with Crippen LogP contribution in [0.25, 0.3) is 10.9 Å². The van der Waals surface area contributed by atoms with Crippen LogP contribution in [0.1, 0.15) is 90.5 Å². The lowest BCUT2D eigenvalue weighted by atomic mass is 9.91. The second-order valence-corrected chi connectivity index (χ2v) is 17.3. The SMILES string of the molecule is COc1ccc2c(O[C@@H]3C[C@H]4C(=O)C[C@]5(C(=O)NS(=O)(=O)C6(C)CC6)C[C@H]5/C=C\CCCCC[C@H](N=O)C(=O)N4C3)cc(OC(C)C)nc2c1C. The average Bonchev–Trinajstić information content (AvgIpc) is 3.96. The zero-order valence-corrected chi connectivity index (χ0v) is 30.8. The lowest BCUT2D eigenvalue weighted by molar-refractivity contribution is -0.140. The van der Waals surface area contributed by atoms with Crippen molar-refractivity contribution in [1.29, 1.82) is 0 Å². The molecule has 2 amide bonds. The fourth-order valence-corrected chi connectivity index (χ4v) is 8.72. The van der Waals surface area contributed by atoms with E-state index in [9.17, 15) is 27.7 Å². The standard InChI is InChI=1S/C37H48N4O9S/c1-22(2)49-32-18-31(26-13-14-30(48-5)23(3)33(26)38-32)50-25-17-28-29(42)20-37(35(44)40-51(46,47)36(4)15-16-36)19-24(37)11-9-7-6-8-10-12-27(39-45)34(43)41(28)21-25/h9,11,13-14,18,22,24-25,27-28H,6-8,10,12,15-17,19-21H2,1-5H3,(H,40,44)/b11-9-/t24-,25-,27+,28+,37-/m1/s1. The minimum Gasteiger partial charge on any atom is -0.496 e. The van der Waals surface area contributed by atoms with Crippen LogP contribution in [0.4, 0.5) is 0 Å². The second-order valence-electron chi connectivity index (χ2n) is 15.1. The highest BCUT2D eigenvalue weighted by Gasteiger charge is 2.62. The number of pyridine rings is 1. The molecule has 6 rings (SSSR count). The van der Waals surface area contributed by atoms with Crippen molar-refractivity contribution in [3.63, 3.8) is 0 Å². The second kappa shape index (κ2) is 14.2. The van der Waals surface area contributed by atoms with Crippen LogP contribution in [0.15, 0.2) is 35.5 Å². The predicted octanol–water partition coefficient (Wildman–Crippen LogP) is 5.31. The molecule has 2 aliphatic heterocycles. The molecule has 1 saturated heterocycles. The molecule has 1 aromatic heterocycles. The number of nitrogens with zero attached hydrogens (tertiary/aromatic N) is 3. The number of fused-ring (bicyclic) bond motifs is 3. The number of hydrogen-bond donors (Lipinski definition) is 1. The average molecular weight is 725 g/mol. The number of nitroso groups, excluding NO2 is 1. The fraction of sp³-hybridized carbons (Fsp3) is 0.622. The molecule has 2 saturated carbocycles. The first-order chi connectivity index (χ1) is 24.2. The Morgan fingerprint density at radius 2 is 1.90 bits per heavy atom. The Balaban J connectivity index is 1.33. The molecule has 3 heterocycles. The van der Waals surface area contributed by atoms with Gasteiger partial charge in [-0.2, -0.15) is 0 Å². The van der Waals surface area contributed by atoms with Crippen LogP contribution in [-0.2, 0) is 24.4 Å². The molecule has 276 valence electrons. The molecule has 0 spiro atoms. The van der Waals surface area contributed by atoms with Crippen LogP contribution >= 0.6 is 0 Å². The van der Waals surface area contributed by atoms with Gasteiger partial charge >= 0.3 is 0 Å². The van der Waals surface area contributed by atoms with Crippen LogP contribution in [-0.4, -0.2) is 78.6 Å². The van der Waals surface area contributed by atoms with Crippen LogP contribution in [0.3, 0.4) is 0 Å². The van der Waals surface area contributed by atoms with Crippen LogP contribution in [0.2, 0.25) is 0 Å². The first kappa shape index (κ1) is 36.7. The van der Waals surface area contributed by atoms with Gasteiger partial charge in [0.1, 0.15) is 17.6 Å². The largest absolute Gasteiger partial charge is 0.496 e. The number of hydrogen-bond acceptors (Lipinski definition) is 11. The molecule has 3 fully saturated rings. The fourth-order valence-electron chi connectivity index (χ4n) is 7.39. The summed E-state index contributed by atoms with van der Waals surface area (Å²) in [4.78, 5) is 60.2. The van der Waals surface area contributed by atoms with Gasteiger partial charge in [-0.1, -0.05) is 30.2 Å². The zero-order chi connectivity index (χ0) is 36.7. The smallest absolute Gasteiger partial charge is 0.251 e. The summed E-state index contributed by atoms with van der Waals surface area (Å²) in [5.74, 6) is -0.529. The van der Waals surface area contributed by atoms with Gasteiger partial charge in [-0.3, -0.25) is 19.1 Å². The molecule has 4 aliphatic rings. The van der Waals surface area contributed by atoms with Gasteiger partial charge in [-0.15, -0.1) is 4.91 Å². The maximum atomic E-state index is 14.3. The van der Waals surface area contributed by atoms with Gasteiger partial charge in [0.25, 0.3) is 5.91 Å². The number of amides is 2. The number of allylic oxidation sites excluding steroid dienone is 2. The van der Waals surface area contributed by atoms with E-state index in [-0.39, 0.29) is 43.6 Å². The number of nitrogens with one attached hydrogen (secondary N) is 1. The summed E-state index contributed by atoms with van der Waals surface area (Å²) in [6.07, 6.45) is 7.30. The van der Waals surface area contributed by atoms with E-state index in [1.54, 1.807) is 20.1 Å². The van der Waals surface area contributed by atoms with Gasteiger partial charge in [0.2, 0.25) is 21.8 Å². The molecule has 5 atom stereocenters. The van der Waals surface area contributed by atoms with Crippen molar-refractivity contribution in [3.8, 4) is 17.4 Å². The van der Waals surface area contributed by atoms with Crippen molar-refractivity contribution in [2.24, 2.45) is 16.5 Å². The molecule has 14 heteroatoms. The molecule has 0 unspecified atom stereocenters. The number of aromatic nitrogens is 1. The third-order valence-corrected chi connectivity index (χ3v) is 13.1. The maximum Gasteiger partial charge on any atom is 0.251 e. The van der Waals surface area contributed by atoms with E-state index in [1.165, 1.54) is 4.90 Å². The summed E-state index contributed by atoms with van der Waals surface area (Å²) in [6.45, 7) is 7.27. The molecule has 2 aliphatic carbocycles. The summed E-state index contributed by atoms with van der Waals surface area (Å²) in [5, 5.41) is 3.86. The number of Topliss-reactive ketones (excluding diaryl/α,β-unsaturated/α-hetero) is 1. The first-order valence-electron chi connectivity index (χ1n) is 17.9. The van der Waals surface area contributed by atoms with Crippen molar-refractivity contribution in [2.75, 3.05) is 13.7 Å². The Kier molecular flexibility index (Phi) is 10.2. The summed E-state index contributed by atoms with van der Waals surface area (Å²) in [7, 11) is -2.36. The van der Waals surface area contributed by atoms with Crippen molar-refractivity contribution in [2.45, 2.75) is 121 Å². The quantitative estimate of drug-likeness (QED) is 0.264. The summed E-state index contributed by atoms with van der Waals surface area (Å²) in [5.41, 5.74) is 0.138. The molecule has 1 N–H and O–H groups in total. The Morgan fingerprint density at radius 1 is 1.14 bits per heavy atom. The van der Waals surface area contributed by atoms with E-state index in [1.807, 2.05) is 45.1 Å². The van der Waals surface area contributed by atoms with Gasteiger partial charge < -0.3 is 19.1 Å². The third kappa shape index (κ3) is 7.33. The van der Waals surface area contributed by atoms with Crippen LogP contribution < -0.4 is 18.9 Å². The van der Waals surface area contributed by atoms with E-state index in [0.717, 1.165) is 24.8 Å². The molecular formula is C37H48N4O9S. The molecule has 1 aromatic carbocycles. The number of carbonyl (C=O) groups is 3. The normalized spacial score (nSPS) is 28.5. The van der Waals surface area contributed by atoms with Crippen molar-refractivity contribution in [3.05, 3.63) is 40.8 Å². The van der Waals surface area contributed by atoms with E-state index < -0.39 is 50.2 Å². The summed E-state index contributed by atoms with van der Waals surface area (Å²) >= 11 is 0. The summed E-state index contributed by atoms with van der Waals surface area (Å²) < 4.78 is 45.5. The van der Waals surface area contributed by atoms with E-state index in [0.29, 0.717) is 54.0 Å². The predicted molar refractivity (Wildman–Crippen MR) is 190 cm³/mol. The lowest BCUT2D eigenvalue weighted by Crippen LogP contribution is -2.47. The molecule has 2 aromatic rings. The Labute approximate surface area is 298 Å². The Morgan fingerprint density at radius 3 is 2.59 bits per heavy atom. The monoisotopic (exact) mass is 724 g/mol. The molecule has 0 radical (unpaired) electrons. The Hall–Kier alpha value is -4.07. The van der Waals surface area contributed by atoms with E-state index in [2.05, 4.69) is 9.90 Å². The van der Waals surface area contributed by atoms with Crippen LogP contribution in [0.5, 0.6) is 17.4 Å². The number of methoxy groups -OCH3 is 1. The number of carbonyl (C=O) groups excluding carboxylic acids is 3. The first-order valence-corrected chi connectivity index (χ1v) is 19.4. The number of aryl methyl sites for hydroxylation is 1. The van der Waals surface area contributed by atoms with Crippen LogP contribution in [0, 0.1) is 23.2 Å². The van der Waals surface area contributed by atoms with Gasteiger partial charge in [0.15, 0.2) is 11.8 Å². The Bertz CT molecular complexity index is 1860. The van der Waals surface area contributed by atoms with Gasteiger partial charge in [0, 0.05) is 29.9 Å². The van der Waals surface area contributed by atoms with Gasteiger partial charge in [-0.05, 0) is 84.3 Å². The minimum absolute atomic E-state index is 0.00977. The molecular weight excluding hydrogens is 676 g/mol.